The van der Waals surface area contributed by atoms with Gasteiger partial charge >= 0.3 is 0 Å². The van der Waals surface area contributed by atoms with Gasteiger partial charge in [0.1, 0.15) is 0 Å². The molecule has 5 heteroatoms. The number of nitrogens with two attached hydrogens (primary N) is 1. The highest BCUT2D eigenvalue weighted by Crippen LogP contribution is 2.45. The van der Waals surface area contributed by atoms with Crippen LogP contribution in [0.1, 0.15) is 12.8 Å². The zero-order valence-electron chi connectivity index (χ0n) is 10.5. The summed E-state index contributed by atoms with van der Waals surface area (Å²) in [5, 5.41) is 9.74. The molecule has 0 bridgehead atoms. The molecule has 3 rings (SSSR count). The van der Waals surface area contributed by atoms with Gasteiger partial charge in [0.05, 0.1) is 11.1 Å². The molecule has 4 N–H and O–H groups in total. The first-order valence-electron chi connectivity index (χ1n) is 6.35. The van der Waals surface area contributed by atoms with Crippen molar-refractivity contribution in [3.63, 3.8) is 0 Å². The number of aromatic amines is 1. The van der Waals surface area contributed by atoms with Gasteiger partial charge in [-0.1, -0.05) is 12.1 Å². The number of benzene rings is 1. The Morgan fingerprint density at radius 3 is 2.58 bits per heavy atom. The Labute approximate surface area is 111 Å². The lowest BCUT2D eigenvalue weighted by Crippen LogP contribution is -2.30. The van der Waals surface area contributed by atoms with Crippen molar-refractivity contribution in [1.82, 2.24) is 10.2 Å². The maximum Gasteiger partial charge on any atom is 0.231 e. The van der Waals surface area contributed by atoms with Gasteiger partial charge in [0.25, 0.3) is 0 Å². The van der Waals surface area contributed by atoms with Crippen molar-refractivity contribution in [3.05, 3.63) is 36.5 Å². The number of carbonyl (C=O) groups is 1. The van der Waals surface area contributed by atoms with Gasteiger partial charge < -0.3 is 11.1 Å². The van der Waals surface area contributed by atoms with Crippen molar-refractivity contribution in [3.8, 4) is 11.3 Å². The fourth-order valence-electron chi connectivity index (χ4n) is 2.09. The lowest BCUT2D eigenvalue weighted by Gasteiger charge is -2.12. The highest BCUT2D eigenvalue weighted by Gasteiger charge is 2.48. The number of nitrogens with one attached hydrogen (secondary N) is 2. The number of hydrogen-bond acceptors (Lipinski definition) is 3. The predicted octanol–water partition coefficient (Wildman–Crippen LogP) is 1.75. The average molecular weight is 256 g/mol. The molecule has 2 aromatic rings. The van der Waals surface area contributed by atoms with E-state index in [0.717, 1.165) is 29.8 Å². The van der Waals surface area contributed by atoms with Gasteiger partial charge in [-0.3, -0.25) is 9.89 Å². The van der Waals surface area contributed by atoms with Crippen LogP contribution in [0.4, 0.5) is 5.69 Å². The molecule has 0 radical (unpaired) electrons. The number of hydrogen-bond donors (Lipinski definition) is 3. The van der Waals surface area contributed by atoms with Crippen molar-refractivity contribution in [2.45, 2.75) is 12.8 Å². The summed E-state index contributed by atoms with van der Waals surface area (Å²) >= 11 is 0. The van der Waals surface area contributed by atoms with Gasteiger partial charge in [-0.25, -0.2) is 0 Å². The first-order valence-corrected chi connectivity index (χ1v) is 6.35. The minimum Gasteiger partial charge on any atom is -0.329 e. The Morgan fingerprint density at radius 2 is 2.05 bits per heavy atom. The van der Waals surface area contributed by atoms with Crippen LogP contribution in [-0.4, -0.2) is 22.6 Å². The molecule has 1 heterocycles. The summed E-state index contributed by atoms with van der Waals surface area (Å²) in [6.07, 6.45) is 3.49. The zero-order chi connectivity index (χ0) is 13.3. The first kappa shape index (κ1) is 11.9. The summed E-state index contributed by atoms with van der Waals surface area (Å²) < 4.78 is 0. The molecule has 1 aromatic heterocycles. The third kappa shape index (κ3) is 2.24. The van der Waals surface area contributed by atoms with Gasteiger partial charge in [0, 0.05) is 18.4 Å². The number of amides is 1. The molecule has 98 valence electrons. The van der Waals surface area contributed by atoms with E-state index in [4.69, 9.17) is 5.73 Å². The Hall–Kier alpha value is -2.14. The van der Waals surface area contributed by atoms with Crippen LogP contribution in [0.25, 0.3) is 11.3 Å². The third-order valence-electron chi connectivity index (χ3n) is 3.68. The maximum absolute atomic E-state index is 12.0. The van der Waals surface area contributed by atoms with E-state index in [-0.39, 0.29) is 11.3 Å². The number of carbonyl (C=O) groups excluding carboxylic acids is 1. The van der Waals surface area contributed by atoms with Crippen LogP contribution >= 0.6 is 0 Å². The lowest BCUT2D eigenvalue weighted by atomic mass is 10.1. The average Bonchev–Trinajstić information content (AvgIpc) is 3.06. The predicted molar refractivity (Wildman–Crippen MR) is 73.4 cm³/mol. The van der Waals surface area contributed by atoms with E-state index >= 15 is 0 Å². The van der Waals surface area contributed by atoms with Gasteiger partial charge in [0.2, 0.25) is 5.91 Å². The van der Waals surface area contributed by atoms with Crippen LogP contribution in [0.5, 0.6) is 0 Å². The minimum absolute atomic E-state index is 0.0318. The van der Waals surface area contributed by atoms with Crippen LogP contribution in [0.3, 0.4) is 0 Å². The van der Waals surface area contributed by atoms with Crippen LogP contribution in [0.15, 0.2) is 36.5 Å². The molecule has 1 amide bonds. The minimum atomic E-state index is -0.317. The van der Waals surface area contributed by atoms with E-state index in [9.17, 15) is 4.79 Å². The Morgan fingerprint density at radius 1 is 1.32 bits per heavy atom. The Kier molecular flexibility index (Phi) is 2.83. The summed E-state index contributed by atoms with van der Waals surface area (Å²) in [6.45, 7) is 0.422. The molecule has 0 unspecified atom stereocenters. The molecule has 1 fully saturated rings. The second kappa shape index (κ2) is 4.51. The molecule has 0 aliphatic heterocycles. The summed E-state index contributed by atoms with van der Waals surface area (Å²) in [4.78, 5) is 12.0. The van der Waals surface area contributed by atoms with Crippen molar-refractivity contribution < 1.29 is 4.79 Å². The molecular weight excluding hydrogens is 240 g/mol. The number of anilines is 1. The smallest absolute Gasteiger partial charge is 0.231 e. The number of aromatic nitrogens is 2. The van der Waals surface area contributed by atoms with Crippen LogP contribution < -0.4 is 11.1 Å². The molecule has 1 aliphatic carbocycles. The van der Waals surface area contributed by atoms with Crippen molar-refractivity contribution in [1.29, 1.82) is 0 Å². The maximum atomic E-state index is 12.0. The number of rotatable bonds is 4. The molecule has 1 aromatic carbocycles. The van der Waals surface area contributed by atoms with Crippen LogP contribution in [0.2, 0.25) is 0 Å². The molecule has 1 aliphatic rings. The van der Waals surface area contributed by atoms with Gasteiger partial charge in [-0.05, 0) is 36.6 Å². The monoisotopic (exact) mass is 256 g/mol. The van der Waals surface area contributed by atoms with Gasteiger partial charge in [-0.2, -0.15) is 5.10 Å². The number of H-pyrrole nitrogens is 1. The van der Waals surface area contributed by atoms with Gasteiger partial charge in [-0.15, -0.1) is 0 Å². The second-order valence-electron chi connectivity index (χ2n) is 4.99. The molecule has 5 nitrogen and oxygen atoms in total. The largest absolute Gasteiger partial charge is 0.329 e. The van der Waals surface area contributed by atoms with E-state index in [2.05, 4.69) is 15.5 Å². The first-order chi connectivity index (χ1) is 9.23. The highest BCUT2D eigenvalue weighted by atomic mass is 16.2. The fourth-order valence-corrected chi connectivity index (χ4v) is 2.09. The normalized spacial score (nSPS) is 16.1. The summed E-state index contributed by atoms with van der Waals surface area (Å²) in [5.41, 5.74) is 8.12. The number of nitrogens with zero attached hydrogens (tertiary/aromatic N) is 1. The fraction of sp³-hybridized carbons (Fsp3) is 0.286. The quantitative estimate of drug-likeness (QED) is 0.779. The zero-order valence-corrected chi connectivity index (χ0v) is 10.5. The second-order valence-corrected chi connectivity index (χ2v) is 4.99. The highest BCUT2D eigenvalue weighted by molar-refractivity contribution is 5.97. The standard InChI is InChI=1S/C14H16N4O/c15-9-14(6-7-14)13(19)17-11-3-1-10(2-4-11)12-5-8-16-18-12/h1-5,8H,6-7,9,15H2,(H,16,18)(H,17,19). The van der Waals surface area contributed by atoms with Gasteiger partial charge in [0.15, 0.2) is 0 Å². The van der Waals surface area contributed by atoms with Crippen molar-refractivity contribution in [2.24, 2.45) is 11.1 Å². The third-order valence-corrected chi connectivity index (χ3v) is 3.68. The van der Waals surface area contributed by atoms with Crippen molar-refractivity contribution in [2.75, 3.05) is 11.9 Å². The molecule has 0 saturated heterocycles. The molecule has 19 heavy (non-hydrogen) atoms. The van der Waals surface area contributed by atoms with E-state index in [0.29, 0.717) is 6.54 Å². The topological polar surface area (TPSA) is 83.8 Å². The Bertz CT molecular complexity index is 570. The Balaban J connectivity index is 1.71. The van der Waals surface area contributed by atoms with E-state index in [1.54, 1.807) is 6.20 Å². The van der Waals surface area contributed by atoms with Crippen LogP contribution in [-0.2, 0) is 4.79 Å². The van der Waals surface area contributed by atoms with Crippen molar-refractivity contribution >= 4 is 11.6 Å². The summed E-state index contributed by atoms with van der Waals surface area (Å²) in [7, 11) is 0. The van der Waals surface area contributed by atoms with E-state index < -0.39 is 0 Å². The van der Waals surface area contributed by atoms with Crippen LogP contribution in [0, 0.1) is 5.41 Å². The summed E-state index contributed by atoms with van der Waals surface area (Å²) in [6, 6.07) is 9.58. The molecule has 1 saturated carbocycles. The van der Waals surface area contributed by atoms with E-state index in [1.165, 1.54) is 0 Å². The lowest BCUT2D eigenvalue weighted by molar-refractivity contribution is -0.120. The summed E-state index contributed by atoms with van der Waals surface area (Å²) in [5.74, 6) is 0.0318. The molecule has 0 spiro atoms. The molecular formula is C14H16N4O. The SMILES string of the molecule is NCC1(C(=O)Nc2ccc(-c3ccn[nH]3)cc2)CC1. The molecule has 0 atom stereocenters. The van der Waals surface area contributed by atoms with E-state index in [1.807, 2.05) is 30.3 Å².